The third kappa shape index (κ3) is 5.83. The molecule has 2 nitrogen and oxygen atoms in total. The van der Waals surface area contributed by atoms with Crippen molar-refractivity contribution in [2.24, 2.45) is 0 Å². The van der Waals surface area contributed by atoms with Crippen molar-refractivity contribution in [3.05, 3.63) is 72.1 Å². The molecular formula is C20H25O2S. The van der Waals surface area contributed by atoms with Crippen LogP contribution < -0.4 is 0 Å². The normalized spacial score (nSPS) is 11.5. The monoisotopic (exact) mass is 329 g/mol. The fourth-order valence-electron chi connectivity index (χ4n) is 2.54. The average Bonchev–Trinajstić information content (AvgIpc) is 2.59. The van der Waals surface area contributed by atoms with E-state index in [-0.39, 0.29) is 5.75 Å². The third-order valence-corrected chi connectivity index (χ3v) is 5.77. The van der Waals surface area contributed by atoms with Gasteiger partial charge in [0.05, 0.1) is 10.6 Å². The van der Waals surface area contributed by atoms with Crippen LogP contribution in [0.5, 0.6) is 0 Å². The van der Waals surface area contributed by atoms with Gasteiger partial charge in [0.2, 0.25) is 0 Å². The molecule has 0 fully saturated rings. The summed E-state index contributed by atoms with van der Waals surface area (Å²) in [5, 5.41) is 0. The first kappa shape index (κ1) is 17.7. The summed E-state index contributed by atoms with van der Waals surface area (Å²) in [6.07, 6.45) is 7.76. The van der Waals surface area contributed by atoms with Gasteiger partial charge in [0, 0.05) is 0 Å². The van der Waals surface area contributed by atoms with Crippen molar-refractivity contribution in [3.8, 4) is 0 Å². The quantitative estimate of drug-likeness (QED) is 0.628. The van der Waals surface area contributed by atoms with Gasteiger partial charge in [-0.05, 0) is 61.8 Å². The van der Waals surface area contributed by atoms with Crippen molar-refractivity contribution in [1.82, 2.24) is 0 Å². The standard InChI is InChI=1S/C20H25O2S/c1-2-23(21,22)20-16-14-19(15-17-20)13-7-4-3-6-10-18-11-8-5-9-12-18/h3,5,8-9,11-12,14-17H,2,4,6-7,10,13H2,1H3. The van der Waals surface area contributed by atoms with Crippen molar-refractivity contribution in [1.29, 1.82) is 0 Å². The number of aryl methyl sites for hydroxylation is 2. The number of sulfone groups is 1. The van der Waals surface area contributed by atoms with E-state index < -0.39 is 9.84 Å². The Morgan fingerprint density at radius 3 is 2.13 bits per heavy atom. The van der Waals surface area contributed by atoms with Crippen LogP contribution in [-0.2, 0) is 22.7 Å². The molecule has 0 saturated carbocycles. The Bertz CT molecular complexity index is 673. The molecule has 0 aliphatic heterocycles. The highest BCUT2D eigenvalue weighted by atomic mass is 32.2. The minimum absolute atomic E-state index is 0.155. The van der Waals surface area contributed by atoms with E-state index in [1.807, 2.05) is 18.2 Å². The first-order valence-electron chi connectivity index (χ1n) is 8.29. The van der Waals surface area contributed by atoms with Gasteiger partial charge in [-0.15, -0.1) is 0 Å². The van der Waals surface area contributed by atoms with Gasteiger partial charge in [-0.1, -0.05) is 49.4 Å². The minimum Gasteiger partial charge on any atom is -0.224 e. The molecule has 0 aromatic heterocycles. The predicted octanol–water partition coefficient (Wildman–Crippen LogP) is 4.64. The minimum atomic E-state index is -3.08. The number of hydrogen-bond donors (Lipinski definition) is 0. The summed E-state index contributed by atoms with van der Waals surface area (Å²) in [4.78, 5) is 0.429. The van der Waals surface area contributed by atoms with Gasteiger partial charge >= 0.3 is 0 Å². The molecule has 0 saturated heterocycles. The molecule has 0 heterocycles. The molecule has 0 bridgehead atoms. The molecule has 0 atom stereocenters. The summed E-state index contributed by atoms with van der Waals surface area (Å²) >= 11 is 0. The second-order valence-corrected chi connectivity index (χ2v) is 8.03. The lowest BCUT2D eigenvalue weighted by Gasteiger charge is -2.05. The summed E-state index contributed by atoms with van der Waals surface area (Å²) < 4.78 is 23.5. The molecule has 1 radical (unpaired) electrons. The number of benzene rings is 2. The first-order chi connectivity index (χ1) is 11.1. The Labute approximate surface area is 140 Å². The molecule has 0 unspecified atom stereocenters. The first-order valence-corrected chi connectivity index (χ1v) is 9.94. The Kier molecular flexibility index (Phi) is 6.85. The summed E-state index contributed by atoms with van der Waals surface area (Å²) in [6, 6.07) is 17.9. The maximum Gasteiger partial charge on any atom is 0.178 e. The van der Waals surface area contributed by atoms with Gasteiger partial charge in [0.1, 0.15) is 0 Å². The summed E-state index contributed by atoms with van der Waals surface area (Å²) in [6.45, 7) is 1.68. The summed E-state index contributed by atoms with van der Waals surface area (Å²) in [5.74, 6) is 0.155. The van der Waals surface area contributed by atoms with Crippen molar-refractivity contribution in [2.45, 2.75) is 43.9 Å². The van der Waals surface area contributed by atoms with Gasteiger partial charge in [0.15, 0.2) is 9.84 Å². The highest BCUT2D eigenvalue weighted by molar-refractivity contribution is 7.91. The van der Waals surface area contributed by atoms with Crippen LogP contribution in [0.25, 0.3) is 0 Å². The largest absolute Gasteiger partial charge is 0.224 e. The van der Waals surface area contributed by atoms with Gasteiger partial charge < -0.3 is 0 Å². The predicted molar refractivity (Wildman–Crippen MR) is 96.2 cm³/mol. The van der Waals surface area contributed by atoms with Crippen LogP contribution >= 0.6 is 0 Å². The second kappa shape index (κ2) is 8.88. The number of hydrogen-bond acceptors (Lipinski definition) is 2. The van der Waals surface area contributed by atoms with E-state index >= 15 is 0 Å². The highest BCUT2D eigenvalue weighted by Gasteiger charge is 2.10. The van der Waals surface area contributed by atoms with Gasteiger partial charge in [0.25, 0.3) is 0 Å². The van der Waals surface area contributed by atoms with Crippen LogP contribution in [0, 0.1) is 6.42 Å². The van der Waals surface area contributed by atoms with Crippen LogP contribution in [0.2, 0.25) is 0 Å². The zero-order valence-electron chi connectivity index (χ0n) is 13.7. The fraction of sp³-hybridized carbons (Fsp3) is 0.350. The van der Waals surface area contributed by atoms with Gasteiger partial charge in [-0.2, -0.15) is 0 Å². The SMILES string of the molecule is CCS(=O)(=O)c1ccc(CCC[CH]CCc2ccccc2)cc1. The van der Waals surface area contributed by atoms with Crippen LogP contribution in [0.3, 0.4) is 0 Å². The Hall–Kier alpha value is -1.61. The van der Waals surface area contributed by atoms with E-state index in [9.17, 15) is 8.42 Å². The fourth-order valence-corrected chi connectivity index (χ4v) is 3.42. The van der Waals surface area contributed by atoms with Crippen molar-refractivity contribution in [2.75, 3.05) is 5.75 Å². The van der Waals surface area contributed by atoms with Crippen molar-refractivity contribution in [3.63, 3.8) is 0 Å². The molecule has 2 aromatic rings. The van der Waals surface area contributed by atoms with E-state index in [1.54, 1.807) is 19.1 Å². The molecule has 2 rings (SSSR count). The Balaban J connectivity index is 1.66. The smallest absolute Gasteiger partial charge is 0.178 e. The molecule has 0 amide bonds. The lowest BCUT2D eigenvalue weighted by molar-refractivity contribution is 0.597. The van der Waals surface area contributed by atoms with Crippen LogP contribution in [-0.4, -0.2) is 14.2 Å². The topological polar surface area (TPSA) is 34.1 Å². The molecule has 0 N–H and O–H groups in total. The van der Waals surface area contributed by atoms with Crippen LogP contribution in [0.1, 0.15) is 37.3 Å². The Morgan fingerprint density at radius 1 is 0.826 bits per heavy atom. The second-order valence-electron chi connectivity index (χ2n) is 5.75. The van der Waals surface area contributed by atoms with Crippen LogP contribution in [0.15, 0.2) is 59.5 Å². The maximum absolute atomic E-state index is 11.8. The molecule has 0 spiro atoms. The lowest BCUT2D eigenvalue weighted by Crippen LogP contribution is -2.03. The van der Waals surface area contributed by atoms with Gasteiger partial charge in [-0.25, -0.2) is 8.42 Å². The number of rotatable bonds is 9. The highest BCUT2D eigenvalue weighted by Crippen LogP contribution is 2.15. The van der Waals surface area contributed by atoms with E-state index in [0.29, 0.717) is 4.90 Å². The van der Waals surface area contributed by atoms with Crippen molar-refractivity contribution < 1.29 is 8.42 Å². The maximum atomic E-state index is 11.8. The average molecular weight is 329 g/mol. The zero-order valence-corrected chi connectivity index (χ0v) is 14.6. The molecule has 2 aromatic carbocycles. The molecule has 3 heteroatoms. The molecule has 0 aliphatic carbocycles. The molecule has 123 valence electrons. The van der Waals surface area contributed by atoms with E-state index in [4.69, 9.17) is 0 Å². The molecular weight excluding hydrogens is 304 g/mol. The lowest BCUT2D eigenvalue weighted by atomic mass is 10.0. The Morgan fingerprint density at radius 2 is 1.48 bits per heavy atom. The summed E-state index contributed by atoms with van der Waals surface area (Å²) in [5.41, 5.74) is 2.59. The molecule has 23 heavy (non-hydrogen) atoms. The van der Waals surface area contributed by atoms with Crippen molar-refractivity contribution >= 4 is 9.84 Å². The third-order valence-electron chi connectivity index (χ3n) is 4.02. The summed E-state index contributed by atoms with van der Waals surface area (Å²) in [7, 11) is -3.08. The van der Waals surface area contributed by atoms with Crippen LogP contribution in [0.4, 0.5) is 0 Å². The van der Waals surface area contributed by atoms with E-state index in [1.165, 1.54) is 11.1 Å². The van der Waals surface area contributed by atoms with Gasteiger partial charge in [-0.3, -0.25) is 0 Å². The number of unbranched alkanes of at least 4 members (excludes halogenated alkanes) is 3. The van der Waals surface area contributed by atoms with E-state index in [0.717, 1.165) is 32.1 Å². The zero-order chi connectivity index (χ0) is 16.5. The van der Waals surface area contributed by atoms with E-state index in [2.05, 4.69) is 30.7 Å². The molecule has 0 aliphatic rings.